The average molecular weight is 469 g/mol. The van der Waals surface area contributed by atoms with Crippen molar-refractivity contribution in [1.29, 1.82) is 0 Å². The van der Waals surface area contributed by atoms with Gasteiger partial charge in [-0.1, -0.05) is 0 Å². The van der Waals surface area contributed by atoms with Crippen LogP contribution in [-0.2, 0) is 9.53 Å². The topological polar surface area (TPSA) is 92.3 Å². The molecule has 0 saturated heterocycles. The van der Waals surface area contributed by atoms with Crippen molar-refractivity contribution < 1.29 is 37.7 Å². The molecule has 8 nitrogen and oxygen atoms in total. The quantitative estimate of drug-likeness (QED) is 0.334. The van der Waals surface area contributed by atoms with Crippen LogP contribution in [0.3, 0.4) is 0 Å². The number of benzene rings is 3. The number of nitrogens with one attached hydrogen (secondary N) is 1. The number of esters is 1. The van der Waals surface area contributed by atoms with Crippen LogP contribution in [0.1, 0.15) is 10.4 Å². The van der Waals surface area contributed by atoms with Crippen molar-refractivity contribution in [1.82, 2.24) is 0 Å². The summed E-state index contributed by atoms with van der Waals surface area (Å²) in [4.78, 5) is 24.5. The fourth-order valence-electron chi connectivity index (χ4n) is 2.84. The third kappa shape index (κ3) is 7.13. The van der Waals surface area contributed by atoms with Gasteiger partial charge in [-0.2, -0.15) is 0 Å². The summed E-state index contributed by atoms with van der Waals surface area (Å²) in [6.45, 7) is -0.145. The summed E-state index contributed by atoms with van der Waals surface area (Å²) in [7, 11) is 2.98. The van der Waals surface area contributed by atoms with Crippen LogP contribution in [0.15, 0.2) is 66.7 Å². The zero-order valence-electron chi connectivity index (χ0n) is 18.7. The fraction of sp³-hybridized carbons (Fsp3) is 0.200. The van der Waals surface area contributed by atoms with Gasteiger partial charge in [-0.05, 0) is 66.7 Å². The Morgan fingerprint density at radius 2 is 1.50 bits per heavy atom. The summed E-state index contributed by atoms with van der Waals surface area (Å²) in [5.74, 6) is 0.409. The first kappa shape index (κ1) is 24.4. The van der Waals surface area contributed by atoms with Crippen LogP contribution in [0.2, 0.25) is 0 Å². The second-order valence-electron chi connectivity index (χ2n) is 6.87. The van der Waals surface area contributed by atoms with Crippen molar-refractivity contribution in [3.05, 3.63) is 78.1 Å². The summed E-state index contributed by atoms with van der Waals surface area (Å²) < 4.78 is 39.4. The van der Waals surface area contributed by atoms with Gasteiger partial charge < -0.3 is 29.0 Å². The molecule has 34 heavy (non-hydrogen) atoms. The Kier molecular flexibility index (Phi) is 8.67. The zero-order valence-corrected chi connectivity index (χ0v) is 18.7. The van der Waals surface area contributed by atoms with Gasteiger partial charge in [0.15, 0.2) is 18.1 Å². The van der Waals surface area contributed by atoms with Gasteiger partial charge in [0.1, 0.15) is 30.5 Å². The molecular formula is C25H24FNO7. The normalized spacial score (nSPS) is 10.2. The summed E-state index contributed by atoms with van der Waals surface area (Å²) >= 11 is 0. The molecule has 0 aromatic heterocycles. The molecule has 0 aliphatic rings. The second kappa shape index (κ2) is 12.1. The molecule has 178 valence electrons. The molecule has 3 rings (SSSR count). The smallest absolute Gasteiger partial charge is 0.338 e. The van der Waals surface area contributed by atoms with Crippen LogP contribution >= 0.6 is 0 Å². The van der Waals surface area contributed by atoms with E-state index in [1.165, 1.54) is 49.6 Å². The Morgan fingerprint density at radius 3 is 2.18 bits per heavy atom. The Morgan fingerprint density at radius 1 is 0.794 bits per heavy atom. The number of methoxy groups -OCH3 is 2. The Hall–Kier alpha value is -4.27. The monoisotopic (exact) mass is 469 g/mol. The molecule has 0 radical (unpaired) electrons. The lowest BCUT2D eigenvalue weighted by atomic mass is 10.2. The predicted molar refractivity (Wildman–Crippen MR) is 122 cm³/mol. The van der Waals surface area contributed by atoms with Crippen LogP contribution in [0.4, 0.5) is 10.1 Å². The number of carbonyl (C=O) groups is 2. The van der Waals surface area contributed by atoms with Gasteiger partial charge in [0, 0.05) is 5.69 Å². The van der Waals surface area contributed by atoms with Crippen LogP contribution in [0.25, 0.3) is 0 Å². The fourth-order valence-corrected chi connectivity index (χ4v) is 2.84. The molecule has 0 saturated carbocycles. The molecule has 9 heteroatoms. The van der Waals surface area contributed by atoms with Crippen molar-refractivity contribution in [2.45, 2.75) is 0 Å². The molecule has 0 atom stereocenters. The maximum atomic E-state index is 12.9. The van der Waals surface area contributed by atoms with E-state index in [0.717, 1.165) is 0 Å². The van der Waals surface area contributed by atoms with Crippen LogP contribution in [0.5, 0.6) is 23.0 Å². The second-order valence-corrected chi connectivity index (χ2v) is 6.87. The van der Waals surface area contributed by atoms with Gasteiger partial charge in [-0.3, -0.25) is 4.79 Å². The van der Waals surface area contributed by atoms with Crippen molar-refractivity contribution >= 4 is 17.6 Å². The standard InChI is InChI=1S/C25H24FNO7/c1-30-20-10-6-19(7-11-20)27-24(28)16-34-22-12-3-17(15-23(22)31-2)25(29)33-14-13-32-21-8-4-18(26)5-9-21/h3-12,15H,13-14,16H2,1-2H3,(H,27,28). The van der Waals surface area contributed by atoms with E-state index in [1.807, 2.05) is 0 Å². The summed E-state index contributed by atoms with van der Waals surface area (Å²) in [6.07, 6.45) is 0. The molecule has 0 heterocycles. The van der Waals surface area contributed by atoms with E-state index in [0.29, 0.717) is 22.9 Å². The number of amides is 1. The lowest BCUT2D eigenvalue weighted by molar-refractivity contribution is -0.118. The first-order valence-electron chi connectivity index (χ1n) is 10.3. The molecule has 0 aliphatic heterocycles. The van der Waals surface area contributed by atoms with Crippen LogP contribution < -0.4 is 24.3 Å². The maximum Gasteiger partial charge on any atom is 0.338 e. The van der Waals surface area contributed by atoms with Gasteiger partial charge in [0.25, 0.3) is 5.91 Å². The summed E-state index contributed by atoms with van der Waals surface area (Å²) in [5, 5.41) is 2.71. The molecule has 0 unspecified atom stereocenters. The Labute approximate surface area is 196 Å². The number of rotatable bonds is 11. The molecule has 3 aromatic carbocycles. The van der Waals surface area contributed by atoms with E-state index in [4.69, 9.17) is 23.7 Å². The van der Waals surface area contributed by atoms with Gasteiger partial charge >= 0.3 is 5.97 Å². The minimum absolute atomic E-state index is 0.00229. The molecule has 0 aliphatic carbocycles. The van der Waals surface area contributed by atoms with Gasteiger partial charge in [-0.25, -0.2) is 9.18 Å². The van der Waals surface area contributed by atoms with E-state index < -0.39 is 5.97 Å². The van der Waals surface area contributed by atoms with Crippen molar-refractivity contribution in [2.75, 3.05) is 39.4 Å². The molecule has 1 amide bonds. The molecule has 0 bridgehead atoms. The molecule has 3 aromatic rings. The van der Waals surface area contributed by atoms with Crippen molar-refractivity contribution in [3.8, 4) is 23.0 Å². The molecule has 0 spiro atoms. The van der Waals surface area contributed by atoms with Gasteiger partial charge in [-0.15, -0.1) is 0 Å². The SMILES string of the molecule is COc1ccc(NC(=O)COc2ccc(C(=O)OCCOc3ccc(F)cc3)cc2OC)cc1. The van der Waals surface area contributed by atoms with Crippen molar-refractivity contribution in [3.63, 3.8) is 0 Å². The number of hydrogen-bond donors (Lipinski definition) is 1. The van der Waals surface area contributed by atoms with E-state index in [9.17, 15) is 14.0 Å². The summed E-state index contributed by atoms with van der Waals surface area (Å²) in [5.41, 5.74) is 0.844. The van der Waals surface area contributed by atoms with E-state index >= 15 is 0 Å². The average Bonchev–Trinajstić information content (AvgIpc) is 2.86. The Balaban J connectivity index is 1.48. The van der Waals surface area contributed by atoms with E-state index in [2.05, 4.69) is 5.32 Å². The van der Waals surface area contributed by atoms with Crippen LogP contribution in [0, 0.1) is 5.82 Å². The molecular weight excluding hydrogens is 445 g/mol. The Bertz CT molecular complexity index is 1100. The highest BCUT2D eigenvalue weighted by molar-refractivity contribution is 5.92. The lowest BCUT2D eigenvalue weighted by Gasteiger charge is -2.12. The number of carbonyl (C=O) groups excluding carboxylic acids is 2. The van der Waals surface area contributed by atoms with Gasteiger partial charge in [0.05, 0.1) is 19.8 Å². The predicted octanol–water partition coefficient (Wildman–Crippen LogP) is 4.10. The van der Waals surface area contributed by atoms with Gasteiger partial charge in [0.2, 0.25) is 0 Å². The number of halogens is 1. The number of anilines is 1. The summed E-state index contributed by atoms with van der Waals surface area (Å²) in [6, 6.07) is 16.9. The first-order valence-corrected chi connectivity index (χ1v) is 10.3. The highest BCUT2D eigenvalue weighted by atomic mass is 19.1. The van der Waals surface area contributed by atoms with Crippen molar-refractivity contribution in [2.24, 2.45) is 0 Å². The van der Waals surface area contributed by atoms with E-state index in [1.54, 1.807) is 31.4 Å². The third-order valence-corrected chi connectivity index (χ3v) is 4.53. The highest BCUT2D eigenvalue weighted by Gasteiger charge is 2.14. The molecule has 1 N–H and O–H groups in total. The van der Waals surface area contributed by atoms with E-state index in [-0.39, 0.29) is 42.9 Å². The highest BCUT2D eigenvalue weighted by Crippen LogP contribution is 2.28. The lowest BCUT2D eigenvalue weighted by Crippen LogP contribution is -2.20. The number of hydrogen-bond acceptors (Lipinski definition) is 7. The number of ether oxygens (including phenoxy) is 5. The minimum atomic E-state index is -0.579. The molecule has 0 fully saturated rings. The maximum absolute atomic E-state index is 12.9. The van der Waals surface area contributed by atoms with Crippen LogP contribution in [-0.4, -0.2) is 45.9 Å². The minimum Gasteiger partial charge on any atom is -0.497 e. The zero-order chi connectivity index (χ0) is 24.3. The first-order chi connectivity index (χ1) is 16.5. The third-order valence-electron chi connectivity index (χ3n) is 4.53. The largest absolute Gasteiger partial charge is 0.497 e.